The predicted octanol–water partition coefficient (Wildman–Crippen LogP) is 2.38. The van der Waals surface area contributed by atoms with Crippen molar-refractivity contribution in [1.29, 1.82) is 0 Å². The van der Waals surface area contributed by atoms with Gasteiger partial charge in [0.2, 0.25) is 5.91 Å². The zero-order valence-corrected chi connectivity index (χ0v) is 13.5. The quantitative estimate of drug-likeness (QED) is 0.317. The molecule has 5 N–H and O–H groups in total. The molecule has 0 saturated carbocycles. The van der Waals surface area contributed by atoms with Crippen LogP contribution in [-0.2, 0) is 4.79 Å². The number of nitrogens with one attached hydrogen (secondary N) is 1. The number of carbonyl (C=O) groups is 1. The van der Waals surface area contributed by atoms with Crippen molar-refractivity contribution in [2.75, 3.05) is 11.1 Å². The Morgan fingerprint density at radius 1 is 1.44 bits per heavy atom. The Morgan fingerprint density at radius 3 is 2.50 bits per heavy atom. The molecule has 0 aliphatic carbocycles. The van der Waals surface area contributed by atoms with Crippen LogP contribution in [0, 0.1) is 6.92 Å². The van der Waals surface area contributed by atoms with E-state index in [9.17, 15) is 4.79 Å². The van der Waals surface area contributed by atoms with E-state index in [-0.39, 0.29) is 16.8 Å². The van der Waals surface area contributed by atoms with Crippen LogP contribution in [0.5, 0.6) is 0 Å². The van der Waals surface area contributed by atoms with Crippen molar-refractivity contribution in [3.8, 4) is 0 Å². The van der Waals surface area contributed by atoms with Crippen molar-refractivity contribution in [2.45, 2.75) is 6.92 Å². The summed E-state index contributed by atoms with van der Waals surface area (Å²) in [6.45, 7) is 1.97. The maximum atomic E-state index is 11.7. The molecule has 1 aromatic rings. The fourth-order valence-corrected chi connectivity index (χ4v) is 3.21. The molecule has 1 amide bonds. The van der Waals surface area contributed by atoms with Crippen LogP contribution in [0.15, 0.2) is 26.2 Å². The highest BCUT2D eigenvalue weighted by Crippen LogP contribution is 2.32. The molecule has 98 valence electrons. The second-order valence-corrected chi connectivity index (χ2v) is 6.11. The fraction of sp³-hybridized carbons (Fsp3) is 0.200. The van der Waals surface area contributed by atoms with Gasteiger partial charge in [-0.1, -0.05) is 11.8 Å². The highest BCUT2D eigenvalue weighted by Gasteiger charge is 2.10. The summed E-state index contributed by atoms with van der Waals surface area (Å²) in [6, 6.07) is 3.84. The van der Waals surface area contributed by atoms with Gasteiger partial charge in [0.1, 0.15) is 0 Å². The van der Waals surface area contributed by atoms with Gasteiger partial charge in [-0.15, -0.1) is 0 Å². The number of carbonyl (C=O) groups excluding carboxylic acids is 1. The minimum Gasteiger partial charge on any atom is -0.377 e. The molecular weight excluding hydrogens is 384 g/mol. The second kappa shape index (κ2) is 7.01. The van der Waals surface area contributed by atoms with Crippen LogP contribution in [0.1, 0.15) is 5.56 Å². The maximum Gasteiger partial charge on any atom is 0.234 e. The Kier molecular flexibility index (Phi) is 5.97. The first-order valence-electron chi connectivity index (χ1n) is 4.85. The lowest BCUT2D eigenvalue weighted by atomic mass is 10.2. The number of thioether (sulfide) groups is 1. The number of hydrogen-bond donors (Lipinski definition) is 3. The molecule has 0 aliphatic heterocycles. The lowest BCUT2D eigenvalue weighted by Crippen LogP contribution is -2.19. The zero-order valence-electron chi connectivity index (χ0n) is 9.54. The first-order valence-corrected chi connectivity index (χ1v) is 7.43. The summed E-state index contributed by atoms with van der Waals surface area (Å²) in [7, 11) is 0. The summed E-state index contributed by atoms with van der Waals surface area (Å²) in [5.74, 6) is 4.94. The van der Waals surface area contributed by atoms with Gasteiger partial charge in [-0.25, -0.2) is 0 Å². The van der Waals surface area contributed by atoms with E-state index < -0.39 is 0 Å². The molecule has 1 aromatic carbocycles. The fourth-order valence-electron chi connectivity index (χ4n) is 1.17. The molecule has 0 bridgehead atoms. The molecule has 18 heavy (non-hydrogen) atoms. The Bertz CT molecular complexity index is 470. The molecule has 0 atom stereocenters. The number of aryl methyl sites for hydroxylation is 1. The third-order valence-electron chi connectivity index (χ3n) is 1.93. The summed E-state index contributed by atoms with van der Waals surface area (Å²) < 4.78 is 1.63. The van der Waals surface area contributed by atoms with Gasteiger partial charge in [0.25, 0.3) is 0 Å². The molecule has 1 rings (SSSR count). The molecule has 8 heteroatoms. The van der Waals surface area contributed by atoms with E-state index in [4.69, 9.17) is 11.6 Å². The largest absolute Gasteiger partial charge is 0.377 e. The molecule has 0 spiro atoms. The number of halogens is 2. The van der Waals surface area contributed by atoms with Gasteiger partial charge in [0.15, 0.2) is 5.17 Å². The number of rotatable bonds is 3. The van der Waals surface area contributed by atoms with E-state index in [1.165, 1.54) is 0 Å². The average Bonchev–Trinajstić information content (AvgIpc) is 2.30. The monoisotopic (exact) mass is 394 g/mol. The van der Waals surface area contributed by atoms with Crippen LogP contribution in [-0.4, -0.2) is 16.8 Å². The molecule has 0 saturated heterocycles. The summed E-state index contributed by atoms with van der Waals surface area (Å²) in [4.78, 5) is 11.7. The number of anilines is 1. The highest BCUT2D eigenvalue weighted by atomic mass is 79.9. The van der Waals surface area contributed by atoms with Crippen LogP contribution in [0.2, 0.25) is 0 Å². The number of hydrogen-bond acceptors (Lipinski definition) is 4. The van der Waals surface area contributed by atoms with Crippen LogP contribution >= 0.6 is 43.6 Å². The van der Waals surface area contributed by atoms with E-state index in [0.29, 0.717) is 5.69 Å². The topological polar surface area (TPSA) is 93.5 Å². The molecule has 5 nitrogen and oxygen atoms in total. The van der Waals surface area contributed by atoms with Crippen molar-refractivity contribution in [3.63, 3.8) is 0 Å². The predicted molar refractivity (Wildman–Crippen MR) is 83.5 cm³/mol. The Hall–Kier alpha value is -0.730. The SMILES string of the molecule is Cc1cc(Br)c(NC(=O)CSC(N)=NN)c(Br)c1. The summed E-state index contributed by atoms with van der Waals surface area (Å²) >= 11 is 7.88. The first-order chi connectivity index (χ1) is 8.43. The normalized spacial score (nSPS) is 11.4. The van der Waals surface area contributed by atoms with Crippen LogP contribution in [0.25, 0.3) is 0 Å². The number of benzene rings is 1. The van der Waals surface area contributed by atoms with E-state index in [2.05, 4.69) is 42.3 Å². The van der Waals surface area contributed by atoms with Crippen molar-refractivity contribution in [3.05, 3.63) is 26.6 Å². The van der Waals surface area contributed by atoms with E-state index in [0.717, 1.165) is 26.3 Å². The number of hydrazone groups is 1. The van der Waals surface area contributed by atoms with Gasteiger partial charge in [-0.3, -0.25) is 4.79 Å². The van der Waals surface area contributed by atoms with Gasteiger partial charge < -0.3 is 16.9 Å². The third kappa shape index (κ3) is 4.51. The number of nitrogens with two attached hydrogens (primary N) is 2. The summed E-state index contributed by atoms with van der Waals surface area (Å²) in [5, 5.41) is 6.23. The minimum absolute atomic E-state index is 0.152. The maximum absolute atomic E-state index is 11.7. The van der Waals surface area contributed by atoms with Gasteiger partial charge in [0.05, 0.1) is 11.4 Å². The number of amidine groups is 1. The Morgan fingerprint density at radius 2 is 2.00 bits per heavy atom. The molecule has 0 unspecified atom stereocenters. The van der Waals surface area contributed by atoms with E-state index in [1.807, 2.05) is 19.1 Å². The van der Waals surface area contributed by atoms with E-state index >= 15 is 0 Å². The number of amides is 1. The van der Waals surface area contributed by atoms with Crippen molar-refractivity contribution < 1.29 is 4.79 Å². The minimum atomic E-state index is -0.183. The first kappa shape index (κ1) is 15.3. The van der Waals surface area contributed by atoms with Crippen LogP contribution in [0.3, 0.4) is 0 Å². The number of nitrogens with zero attached hydrogens (tertiary/aromatic N) is 1. The molecule has 0 aliphatic rings. The molecule has 0 fully saturated rings. The lowest BCUT2D eigenvalue weighted by Gasteiger charge is -2.10. The third-order valence-corrected chi connectivity index (χ3v) is 3.99. The van der Waals surface area contributed by atoms with Gasteiger partial charge >= 0.3 is 0 Å². The highest BCUT2D eigenvalue weighted by molar-refractivity contribution is 9.11. The van der Waals surface area contributed by atoms with Crippen LogP contribution in [0.4, 0.5) is 5.69 Å². The van der Waals surface area contributed by atoms with Gasteiger partial charge in [-0.2, -0.15) is 5.10 Å². The van der Waals surface area contributed by atoms with Crippen molar-refractivity contribution in [1.82, 2.24) is 0 Å². The smallest absolute Gasteiger partial charge is 0.234 e. The Balaban J connectivity index is 2.71. The second-order valence-electron chi connectivity index (χ2n) is 3.41. The molecular formula is C10H12Br2N4OS. The molecule has 0 radical (unpaired) electrons. The van der Waals surface area contributed by atoms with Crippen molar-refractivity contribution >= 4 is 60.4 Å². The standard InChI is InChI=1S/C10H12Br2N4OS/c1-5-2-6(11)9(7(12)3-5)15-8(17)4-18-10(13)16-14/h2-3H,4,14H2,1H3,(H2,13,16)(H,15,17). The average molecular weight is 396 g/mol. The Labute approximate surface area is 126 Å². The van der Waals surface area contributed by atoms with Crippen molar-refractivity contribution in [2.24, 2.45) is 16.7 Å². The summed E-state index contributed by atoms with van der Waals surface area (Å²) in [6.07, 6.45) is 0. The van der Waals surface area contributed by atoms with E-state index in [1.54, 1.807) is 0 Å². The summed E-state index contributed by atoms with van der Waals surface area (Å²) in [5.41, 5.74) is 7.16. The lowest BCUT2D eigenvalue weighted by molar-refractivity contribution is -0.113. The zero-order chi connectivity index (χ0) is 13.7. The van der Waals surface area contributed by atoms with Gasteiger partial charge in [-0.05, 0) is 56.5 Å². The van der Waals surface area contributed by atoms with Gasteiger partial charge in [0, 0.05) is 8.95 Å². The van der Waals surface area contributed by atoms with Crippen LogP contribution < -0.4 is 16.9 Å². The molecule has 0 aromatic heterocycles. The molecule has 0 heterocycles.